The highest BCUT2D eigenvalue weighted by Crippen LogP contribution is 2.58. The monoisotopic (exact) mass is 267 g/mol. The van der Waals surface area contributed by atoms with Gasteiger partial charge < -0.3 is 10.4 Å². The van der Waals surface area contributed by atoms with E-state index in [0.29, 0.717) is 0 Å². The third kappa shape index (κ3) is 2.14. The molecule has 1 heterocycles. The van der Waals surface area contributed by atoms with Crippen molar-refractivity contribution in [1.82, 2.24) is 5.32 Å². The normalized spacial score (nSPS) is 26.4. The van der Waals surface area contributed by atoms with Crippen molar-refractivity contribution in [3.63, 3.8) is 0 Å². The third-order valence-electron chi connectivity index (χ3n) is 3.70. The average Bonchev–Trinajstić information content (AvgIpc) is 2.67. The van der Waals surface area contributed by atoms with Gasteiger partial charge in [0.05, 0.1) is 17.9 Å². The predicted octanol–water partition coefficient (Wildman–Crippen LogP) is 2.28. The molecule has 1 amide bonds. The van der Waals surface area contributed by atoms with E-state index in [4.69, 9.17) is 5.11 Å². The second-order valence-electron chi connectivity index (χ2n) is 5.36. The van der Waals surface area contributed by atoms with Crippen molar-refractivity contribution in [2.75, 3.05) is 0 Å². The summed E-state index contributed by atoms with van der Waals surface area (Å²) >= 11 is 1.58. The van der Waals surface area contributed by atoms with Gasteiger partial charge in [0, 0.05) is 4.88 Å². The van der Waals surface area contributed by atoms with Crippen molar-refractivity contribution in [3.8, 4) is 0 Å². The lowest BCUT2D eigenvalue weighted by Gasteiger charge is -2.12. The zero-order valence-electron chi connectivity index (χ0n) is 10.6. The first-order valence-corrected chi connectivity index (χ1v) is 6.80. The number of nitrogens with one attached hydrogen (secondary N) is 1. The number of hydrogen-bond donors (Lipinski definition) is 2. The smallest absolute Gasteiger partial charge is 0.307 e. The van der Waals surface area contributed by atoms with Crippen LogP contribution in [0, 0.1) is 17.3 Å². The number of carbonyl (C=O) groups excluding carboxylic acids is 1. The van der Waals surface area contributed by atoms with Crippen LogP contribution in [0.25, 0.3) is 0 Å². The van der Waals surface area contributed by atoms with Gasteiger partial charge >= 0.3 is 5.97 Å². The van der Waals surface area contributed by atoms with Crippen LogP contribution in [0.5, 0.6) is 0 Å². The summed E-state index contributed by atoms with van der Waals surface area (Å²) in [6.07, 6.45) is 0. The first kappa shape index (κ1) is 13.1. The molecule has 3 atom stereocenters. The largest absolute Gasteiger partial charge is 0.481 e. The molecule has 4 nitrogen and oxygen atoms in total. The average molecular weight is 267 g/mol. The van der Waals surface area contributed by atoms with Crippen LogP contribution in [0.2, 0.25) is 0 Å². The van der Waals surface area contributed by atoms with Crippen LogP contribution < -0.4 is 5.32 Å². The molecule has 1 saturated carbocycles. The Morgan fingerprint density at radius 3 is 2.56 bits per heavy atom. The van der Waals surface area contributed by atoms with E-state index in [-0.39, 0.29) is 11.9 Å². The number of thiophene rings is 1. The number of hydrogen-bond acceptors (Lipinski definition) is 3. The molecular formula is C13H17NO3S. The van der Waals surface area contributed by atoms with E-state index in [1.807, 2.05) is 38.3 Å². The second-order valence-corrected chi connectivity index (χ2v) is 6.34. The Morgan fingerprint density at radius 1 is 1.44 bits per heavy atom. The Kier molecular flexibility index (Phi) is 3.19. The van der Waals surface area contributed by atoms with E-state index in [0.717, 1.165) is 4.88 Å². The van der Waals surface area contributed by atoms with Crippen LogP contribution in [0.4, 0.5) is 0 Å². The summed E-state index contributed by atoms with van der Waals surface area (Å²) in [6.45, 7) is 5.56. The van der Waals surface area contributed by atoms with Crippen LogP contribution in [-0.2, 0) is 9.59 Å². The first-order valence-electron chi connectivity index (χ1n) is 5.92. The highest BCUT2D eigenvalue weighted by Gasteiger charge is 2.65. The summed E-state index contributed by atoms with van der Waals surface area (Å²) in [4.78, 5) is 24.2. The molecule has 1 aliphatic carbocycles. The summed E-state index contributed by atoms with van der Waals surface area (Å²) < 4.78 is 0. The minimum Gasteiger partial charge on any atom is -0.481 e. The Hall–Kier alpha value is -1.36. The van der Waals surface area contributed by atoms with Gasteiger partial charge in [-0.15, -0.1) is 11.3 Å². The molecule has 0 bridgehead atoms. The summed E-state index contributed by atoms with van der Waals surface area (Å²) in [6, 6.07) is 3.83. The lowest BCUT2D eigenvalue weighted by molar-refractivity contribution is -0.140. The van der Waals surface area contributed by atoms with Gasteiger partial charge in [0.15, 0.2) is 0 Å². The molecule has 0 saturated heterocycles. The van der Waals surface area contributed by atoms with Crippen molar-refractivity contribution in [2.24, 2.45) is 17.3 Å². The van der Waals surface area contributed by atoms with Gasteiger partial charge in [-0.1, -0.05) is 19.9 Å². The Morgan fingerprint density at radius 2 is 2.11 bits per heavy atom. The lowest BCUT2D eigenvalue weighted by Crippen LogP contribution is -2.29. The van der Waals surface area contributed by atoms with Gasteiger partial charge in [-0.05, 0) is 23.8 Å². The Balaban J connectivity index is 2.00. The van der Waals surface area contributed by atoms with E-state index in [1.165, 1.54) is 0 Å². The maximum Gasteiger partial charge on any atom is 0.307 e. The molecule has 0 aromatic carbocycles. The van der Waals surface area contributed by atoms with Gasteiger partial charge in [0.2, 0.25) is 5.91 Å². The molecule has 0 spiro atoms. The van der Waals surface area contributed by atoms with Crippen LogP contribution in [0.1, 0.15) is 31.7 Å². The standard InChI is InChI=1S/C13H17NO3S/c1-7(8-5-4-6-18-8)14-11(15)9-10(12(16)17)13(9,2)3/h4-7,9-10H,1-3H3,(H,14,15)(H,16,17). The van der Waals surface area contributed by atoms with Crippen molar-refractivity contribution < 1.29 is 14.7 Å². The third-order valence-corrected chi connectivity index (χ3v) is 4.76. The minimum absolute atomic E-state index is 0.0663. The molecule has 0 radical (unpaired) electrons. The number of carboxylic acids is 1. The Labute approximate surface area is 110 Å². The van der Waals surface area contributed by atoms with Crippen LogP contribution in [0.15, 0.2) is 17.5 Å². The molecule has 98 valence electrons. The fourth-order valence-electron chi connectivity index (χ4n) is 2.50. The zero-order chi connectivity index (χ0) is 13.5. The van der Waals surface area contributed by atoms with Crippen molar-refractivity contribution >= 4 is 23.2 Å². The number of carboxylic acid groups (broad SMARTS) is 1. The number of amides is 1. The SMILES string of the molecule is CC(NC(=O)C1C(C(=O)O)C1(C)C)c1cccs1. The fourth-order valence-corrected chi connectivity index (χ4v) is 3.23. The van der Waals surface area contributed by atoms with E-state index in [9.17, 15) is 9.59 Å². The van der Waals surface area contributed by atoms with E-state index >= 15 is 0 Å². The number of rotatable bonds is 4. The summed E-state index contributed by atoms with van der Waals surface area (Å²) in [7, 11) is 0. The van der Waals surface area contributed by atoms with Crippen molar-refractivity contribution in [1.29, 1.82) is 0 Å². The van der Waals surface area contributed by atoms with Crippen LogP contribution >= 0.6 is 11.3 Å². The molecule has 18 heavy (non-hydrogen) atoms. The highest BCUT2D eigenvalue weighted by atomic mass is 32.1. The van der Waals surface area contributed by atoms with E-state index in [2.05, 4.69) is 5.32 Å². The number of aliphatic carboxylic acids is 1. The first-order chi connectivity index (χ1) is 8.35. The van der Waals surface area contributed by atoms with Gasteiger partial charge in [0.25, 0.3) is 0 Å². The molecular weight excluding hydrogens is 250 g/mol. The topological polar surface area (TPSA) is 66.4 Å². The van der Waals surface area contributed by atoms with Gasteiger partial charge in [-0.2, -0.15) is 0 Å². The zero-order valence-corrected chi connectivity index (χ0v) is 11.5. The molecule has 5 heteroatoms. The van der Waals surface area contributed by atoms with Gasteiger partial charge in [-0.25, -0.2) is 0 Å². The molecule has 0 aliphatic heterocycles. The highest BCUT2D eigenvalue weighted by molar-refractivity contribution is 7.10. The second kappa shape index (κ2) is 4.39. The molecule has 1 aromatic rings. The van der Waals surface area contributed by atoms with Crippen molar-refractivity contribution in [2.45, 2.75) is 26.8 Å². The van der Waals surface area contributed by atoms with Crippen molar-refractivity contribution in [3.05, 3.63) is 22.4 Å². The summed E-state index contributed by atoms with van der Waals surface area (Å²) in [5, 5.41) is 13.9. The molecule has 1 aromatic heterocycles. The van der Waals surface area contributed by atoms with Crippen LogP contribution in [0.3, 0.4) is 0 Å². The maximum atomic E-state index is 12.1. The molecule has 1 aliphatic rings. The summed E-state index contributed by atoms with van der Waals surface area (Å²) in [5.74, 6) is -2.03. The van der Waals surface area contributed by atoms with Crippen LogP contribution in [-0.4, -0.2) is 17.0 Å². The molecule has 1 fully saturated rings. The predicted molar refractivity (Wildman–Crippen MR) is 69.3 cm³/mol. The molecule has 2 rings (SSSR count). The lowest BCUT2D eigenvalue weighted by atomic mass is 10.1. The minimum atomic E-state index is -0.885. The maximum absolute atomic E-state index is 12.1. The number of carbonyl (C=O) groups is 2. The van der Waals surface area contributed by atoms with E-state index in [1.54, 1.807) is 11.3 Å². The van der Waals surface area contributed by atoms with Gasteiger partial charge in [-0.3, -0.25) is 9.59 Å². The molecule has 3 unspecified atom stereocenters. The van der Waals surface area contributed by atoms with Gasteiger partial charge in [0.1, 0.15) is 0 Å². The Bertz CT molecular complexity index is 467. The fraction of sp³-hybridized carbons (Fsp3) is 0.538. The quantitative estimate of drug-likeness (QED) is 0.879. The van der Waals surface area contributed by atoms with E-state index < -0.39 is 23.2 Å². The molecule has 2 N–H and O–H groups in total. The summed E-state index contributed by atoms with van der Waals surface area (Å²) in [5.41, 5.74) is -0.439.